The van der Waals surface area contributed by atoms with Crippen molar-refractivity contribution in [2.45, 2.75) is 0 Å². The van der Waals surface area contributed by atoms with Gasteiger partial charge in [0.1, 0.15) is 11.4 Å². The molecule has 0 aliphatic carbocycles. The maximum atomic E-state index is 13.2. The fraction of sp³-hybridized carbons (Fsp3) is 0.0556. The third-order valence-corrected chi connectivity index (χ3v) is 4.18. The molecule has 0 atom stereocenters. The van der Waals surface area contributed by atoms with Crippen LogP contribution in [0.1, 0.15) is 5.56 Å². The number of carbonyl (C=O) groups excluding carboxylic acids is 2. The van der Waals surface area contributed by atoms with Crippen LogP contribution in [0, 0.1) is 15.9 Å². The maximum Gasteiger partial charge on any atom is 0.311 e. The van der Waals surface area contributed by atoms with E-state index in [0.717, 1.165) is 17.0 Å². The van der Waals surface area contributed by atoms with Gasteiger partial charge < -0.3 is 4.74 Å². The predicted molar refractivity (Wildman–Crippen MR) is 102 cm³/mol. The first-order chi connectivity index (χ1) is 13.3. The smallest absolute Gasteiger partial charge is 0.311 e. The van der Waals surface area contributed by atoms with Crippen LogP contribution in [0.25, 0.3) is 6.08 Å². The summed E-state index contributed by atoms with van der Waals surface area (Å²) in [6.45, 7) is 0. The van der Waals surface area contributed by atoms with E-state index in [1.54, 1.807) is 0 Å². The molecule has 2 amide bonds. The quantitative estimate of drug-likeness (QED) is 0.278. The number of carbonyl (C=O) groups is 2. The van der Waals surface area contributed by atoms with Crippen LogP contribution in [-0.2, 0) is 9.59 Å². The van der Waals surface area contributed by atoms with E-state index in [1.807, 2.05) is 0 Å². The van der Waals surface area contributed by atoms with E-state index in [1.165, 1.54) is 43.5 Å². The second-order valence-corrected chi connectivity index (χ2v) is 6.01. The highest BCUT2D eigenvalue weighted by Crippen LogP contribution is 2.29. The van der Waals surface area contributed by atoms with Crippen molar-refractivity contribution >= 4 is 46.6 Å². The van der Waals surface area contributed by atoms with Gasteiger partial charge in [0.05, 0.1) is 17.7 Å². The molecule has 1 aliphatic rings. The van der Waals surface area contributed by atoms with Gasteiger partial charge in [-0.3, -0.25) is 29.9 Å². The van der Waals surface area contributed by atoms with Crippen molar-refractivity contribution in [3.63, 3.8) is 0 Å². The number of benzene rings is 2. The molecule has 0 unspecified atom stereocenters. The van der Waals surface area contributed by atoms with Gasteiger partial charge in [-0.05, 0) is 54.2 Å². The summed E-state index contributed by atoms with van der Waals surface area (Å²) in [6.07, 6.45) is 1.21. The lowest BCUT2D eigenvalue weighted by molar-refractivity contribution is -0.385. The molecule has 0 aromatic heterocycles. The Morgan fingerprint density at radius 3 is 2.50 bits per heavy atom. The molecule has 0 radical (unpaired) electrons. The number of nitrogens with one attached hydrogen (secondary N) is 1. The molecule has 1 saturated heterocycles. The number of nitrogens with zero attached hydrogens (tertiary/aromatic N) is 2. The number of thiocarbonyl (C=S) groups is 1. The first-order valence-electron chi connectivity index (χ1n) is 7.81. The molecule has 0 saturated carbocycles. The first-order valence-corrected chi connectivity index (χ1v) is 8.22. The maximum absolute atomic E-state index is 13.2. The first kappa shape index (κ1) is 19.1. The molecule has 1 heterocycles. The Morgan fingerprint density at radius 2 is 1.89 bits per heavy atom. The molecule has 0 spiro atoms. The number of nitro groups is 1. The Morgan fingerprint density at radius 1 is 1.21 bits per heavy atom. The van der Waals surface area contributed by atoms with Crippen molar-refractivity contribution < 1.29 is 23.6 Å². The average molecular weight is 401 g/mol. The fourth-order valence-electron chi connectivity index (χ4n) is 2.59. The number of nitro benzene ring substituents is 1. The number of ether oxygens (including phenoxy) is 1. The van der Waals surface area contributed by atoms with Crippen LogP contribution in [0.4, 0.5) is 15.8 Å². The summed E-state index contributed by atoms with van der Waals surface area (Å²) in [5.74, 6) is -1.93. The molecule has 1 aliphatic heterocycles. The Bertz CT molecular complexity index is 1040. The lowest BCUT2D eigenvalue weighted by Gasteiger charge is -2.28. The minimum absolute atomic E-state index is 0.0423. The Labute approximate surface area is 163 Å². The number of halogens is 1. The third-order valence-electron chi connectivity index (χ3n) is 3.90. The van der Waals surface area contributed by atoms with Gasteiger partial charge in [-0.15, -0.1) is 0 Å². The lowest BCUT2D eigenvalue weighted by Crippen LogP contribution is -2.54. The van der Waals surface area contributed by atoms with Gasteiger partial charge in [0.25, 0.3) is 11.8 Å². The number of hydrogen-bond donors (Lipinski definition) is 1. The molecule has 3 rings (SSSR count). The van der Waals surface area contributed by atoms with Gasteiger partial charge in [-0.2, -0.15) is 0 Å². The predicted octanol–water partition coefficient (Wildman–Crippen LogP) is 2.57. The molecule has 1 N–H and O–H groups in total. The Balaban J connectivity index is 2.03. The number of rotatable bonds is 4. The van der Waals surface area contributed by atoms with Crippen molar-refractivity contribution in [3.8, 4) is 5.75 Å². The Kier molecular flexibility index (Phi) is 5.14. The Hall–Kier alpha value is -3.66. The summed E-state index contributed by atoms with van der Waals surface area (Å²) in [6, 6.07) is 8.99. The highest BCUT2D eigenvalue weighted by Gasteiger charge is 2.34. The zero-order chi connectivity index (χ0) is 20.4. The molecule has 2 aromatic rings. The average Bonchev–Trinajstić information content (AvgIpc) is 2.66. The zero-order valence-corrected chi connectivity index (χ0v) is 15.2. The molecule has 10 heteroatoms. The van der Waals surface area contributed by atoms with Crippen LogP contribution in [0.3, 0.4) is 0 Å². The van der Waals surface area contributed by atoms with Gasteiger partial charge in [0, 0.05) is 6.07 Å². The molecular formula is C18H12FN3O5S. The van der Waals surface area contributed by atoms with Crippen LogP contribution < -0.4 is 15.0 Å². The van der Waals surface area contributed by atoms with E-state index < -0.39 is 22.6 Å². The van der Waals surface area contributed by atoms with E-state index >= 15 is 0 Å². The number of amides is 2. The molecule has 1 fully saturated rings. The molecular weight excluding hydrogens is 389 g/mol. The van der Waals surface area contributed by atoms with Crippen molar-refractivity contribution in [3.05, 3.63) is 69.5 Å². The number of anilines is 1. The fourth-order valence-corrected chi connectivity index (χ4v) is 2.87. The lowest BCUT2D eigenvalue weighted by atomic mass is 10.1. The summed E-state index contributed by atoms with van der Waals surface area (Å²) >= 11 is 5.05. The van der Waals surface area contributed by atoms with Crippen LogP contribution in [0.2, 0.25) is 0 Å². The standard InChI is InChI=1S/C18H12FN3O5S/c1-27-15-7-2-10(9-14(15)22(25)26)8-13-16(23)20-18(28)21(17(13)24)12-5-3-11(19)4-6-12/h2-9H,1H3,(H,20,23,28)/b13-8-. The number of hydrogen-bond acceptors (Lipinski definition) is 6. The SMILES string of the molecule is COc1ccc(/C=C2/C(=O)NC(=S)N(c3ccc(F)cc3)C2=O)cc1[N+](=O)[O-]. The third kappa shape index (κ3) is 3.58. The summed E-state index contributed by atoms with van der Waals surface area (Å²) in [4.78, 5) is 36.7. The van der Waals surface area contributed by atoms with Crippen molar-refractivity contribution in [2.75, 3.05) is 12.0 Å². The van der Waals surface area contributed by atoms with Gasteiger partial charge in [-0.25, -0.2) is 4.39 Å². The second kappa shape index (κ2) is 7.53. The molecule has 28 heavy (non-hydrogen) atoms. The highest BCUT2D eigenvalue weighted by atomic mass is 32.1. The van der Waals surface area contributed by atoms with Crippen LogP contribution in [-0.4, -0.2) is 29.0 Å². The monoisotopic (exact) mass is 401 g/mol. The summed E-state index contributed by atoms with van der Waals surface area (Å²) in [5, 5.41) is 13.4. The molecule has 8 nitrogen and oxygen atoms in total. The van der Waals surface area contributed by atoms with E-state index in [0.29, 0.717) is 0 Å². The largest absolute Gasteiger partial charge is 0.490 e. The van der Waals surface area contributed by atoms with Crippen molar-refractivity contribution in [2.24, 2.45) is 0 Å². The van der Waals surface area contributed by atoms with E-state index in [-0.39, 0.29) is 33.4 Å². The summed E-state index contributed by atoms with van der Waals surface area (Å²) < 4.78 is 18.1. The van der Waals surface area contributed by atoms with E-state index in [9.17, 15) is 24.1 Å². The van der Waals surface area contributed by atoms with Crippen molar-refractivity contribution in [1.82, 2.24) is 5.32 Å². The minimum atomic E-state index is -0.744. The topological polar surface area (TPSA) is 102 Å². The van der Waals surface area contributed by atoms with Crippen LogP contribution >= 0.6 is 12.2 Å². The van der Waals surface area contributed by atoms with Gasteiger partial charge in [0.15, 0.2) is 10.9 Å². The van der Waals surface area contributed by atoms with Gasteiger partial charge in [0.2, 0.25) is 0 Å². The summed E-state index contributed by atoms with van der Waals surface area (Å²) in [5.41, 5.74) is -0.0790. The van der Waals surface area contributed by atoms with Gasteiger partial charge >= 0.3 is 5.69 Å². The van der Waals surface area contributed by atoms with E-state index in [2.05, 4.69) is 5.32 Å². The normalized spacial score (nSPS) is 15.6. The molecule has 2 aromatic carbocycles. The minimum Gasteiger partial charge on any atom is -0.490 e. The van der Waals surface area contributed by atoms with Crippen LogP contribution in [0.15, 0.2) is 48.0 Å². The van der Waals surface area contributed by atoms with Crippen molar-refractivity contribution in [1.29, 1.82) is 0 Å². The number of methoxy groups -OCH3 is 1. The molecule has 0 bridgehead atoms. The van der Waals surface area contributed by atoms with Crippen LogP contribution in [0.5, 0.6) is 5.75 Å². The summed E-state index contributed by atoms with van der Waals surface area (Å²) in [7, 11) is 1.29. The zero-order valence-electron chi connectivity index (χ0n) is 14.3. The highest BCUT2D eigenvalue weighted by molar-refractivity contribution is 7.80. The van der Waals surface area contributed by atoms with E-state index in [4.69, 9.17) is 17.0 Å². The second-order valence-electron chi connectivity index (χ2n) is 5.62. The molecule has 142 valence electrons. The van der Waals surface area contributed by atoms with Gasteiger partial charge in [-0.1, -0.05) is 6.07 Å².